The summed E-state index contributed by atoms with van der Waals surface area (Å²) in [6.45, 7) is 0. The second-order valence-electron chi connectivity index (χ2n) is 6.69. The van der Waals surface area contributed by atoms with Crippen LogP contribution in [0, 0.1) is 0 Å². The average molecular weight is 551 g/mol. The number of hydrogen-bond donors (Lipinski definition) is 0. The summed E-state index contributed by atoms with van der Waals surface area (Å²) in [4.78, 5) is 0. The Hall–Kier alpha value is -1.59. The Morgan fingerprint density at radius 1 is 0.862 bits per heavy atom. The van der Waals surface area contributed by atoms with Crippen molar-refractivity contribution in [2.24, 2.45) is 5.10 Å². The van der Waals surface area contributed by atoms with Crippen LogP contribution in [0.2, 0.25) is 10.0 Å². The summed E-state index contributed by atoms with van der Waals surface area (Å²) in [6.07, 6.45) is 4.93. The van der Waals surface area contributed by atoms with Crippen molar-refractivity contribution in [3.05, 3.63) is 103 Å². The quantitative estimate of drug-likeness (QED) is 0.318. The highest BCUT2D eigenvalue weighted by Gasteiger charge is 2.29. The monoisotopic (exact) mass is 548 g/mol. The van der Waals surface area contributed by atoms with Crippen molar-refractivity contribution in [1.82, 2.24) is 0 Å². The SMILES string of the molecule is Clc1ccc(N2N=C(/C=C\c3ccc(Br)cc3)C[C@@H]2c2ccc(Br)cc2)c(Cl)c1. The van der Waals surface area contributed by atoms with Crippen LogP contribution in [0.4, 0.5) is 5.69 Å². The second kappa shape index (κ2) is 9.05. The molecule has 1 heterocycles. The lowest BCUT2D eigenvalue weighted by Gasteiger charge is -2.25. The zero-order valence-electron chi connectivity index (χ0n) is 15.2. The summed E-state index contributed by atoms with van der Waals surface area (Å²) in [6, 6.07) is 22.1. The minimum atomic E-state index is 0.0614. The van der Waals surface area contributed by atoms with Gasteiger partial charge in [0, 0.05) is 20.4 Å². The summed E-state index contributed by atoms with van der Waals surface area (Å²) in [7, 11) is 0. The van der Waals surface area contributed by atoms with E-state index in [4.69, 9.17) is 28.3 Å². The van der Waals surface area contributed by atoms with Crippen LogP contribution in [-0.4, -0.2) is 5.71 Å². The van der Waals surface area contributed by atoms with Gasteiger partial charge in [-0.2, -0.15) is 5.10 Å². The van der Waals surface area contributed by atoms with Crippen molar-refractivity contribution < 1.29 is 0 Å². The molecule has 0 saturated heterocycles. The smallest absolute Gasteiger partial charge is 0.0832 e. The molecule has 0 radical (unpaired) electrons. The van der Waals surface area contributed by atoms with E-state index >= 15 is 0 Å². The van der Waals surface area contributed by atoms with Crippen LogP contribution in [0.15, 0.2) is 86.9 Å². The summed E-state index contributed by atoms with van der Waals surface area (Å²) in [5.74, 6) is 0. The minimum Gasteiger partial charge on any atom is -0.256 e. The van der Waals surface area contributed by atoms with E-state index in [9.17, 15) is 0 Å². The topological polar surface area (TPSA) is 15.6 Å². The Kier molecular flexibility index (Phi) is 6.45. The van der Waals surface area contributed by atoms with Crippen LogP contribution in [0.3, 0.4) is 0 Å². The maximum atomic E-state index is 6.50. The van der Waals surface area contributed by atoms with Crippen LogP contribution >= 0.6 is 55.1 Å². The van der Waals surface area contributed by atoms with Crippen LogP contribution in [0.25, 0.3) is 6.08 Å². The van der Waals surface area contributed by atoms with Crippen molar-refractivity contribution in [1.29, 1.82) is 0 Å². The van der Waals surface area contributed by atoms with Gasteiger partial charge in [-0.1, -0.05) is 85.4 Å². The number of rotatable bonds is 4. The standard InChI is InChI=1S/C23H16Br2Cl2N2/c24-17-6-1-15(2-7-17)3-11-20-14-23(16-4-8-18(25)9-5-16)29(28-20)22-12-10-19(26)13-21(22)27/h1-13,23H,14H2/b11-3-/t23-/m1/s1. The number of hydrogen-bond acceptors (Lipinski definition) is 2. The fourth-order valence-corrected chi connectivity index (χ4v) is 4.26. The number of benzene rings is 3. The molecule has 1 atom stereocenters. The van der Waals surface area contributed by atoms with Crippen molar-refractivity contribution >= 4 is 72.5 Å². The third kappa shape index (κ3) is 4.95. The van der Waals surface area contributed by atoms with Crippen molar-refractivity contribution in [3.63, 3.8) is 0 Å². The molecule has 0 fully saturated rings. The fourth-order valence-electron chi connectivity index (χ4n) is 3.23. The normalized spacial score (nSPS) is 16.5. The van der Waals surface area contributed by atoms with E-state index < -0.39 is 0 Å². The Labute approximate surface area is 197 Å². The van der Waals surface area contributed by atoms with Gasteiger partial charge in [0.2, 0.25) is 0 Å². The van der Waals surface area contributed by atoms with Crippen molar-refractivity contribution in [3.8, 4) is 0 Å². The van der Waals surface area contributed by atoms with Gasteiger partial charge in [0.05, 0.1) is 22.5 Å². The molecule has 0 amide bonds. The van der Waals surface area contributed by atoms with Gasteiger partial charge in [-0.25, -0.2) is 0 Å². The van der Waals surface area contributed by atoms with Gasteiger partial charge < -0.3 is 0 Å². The maximum absolute atomic E-state index is 6.50. The van der Waals surface area contributed by atoms with Gasteiger partial charge in [0.15, 0.2) is 0 Å². The van der Waals surface area contributed by atoms with E-state index in [1.54, 1.807) is 6.07 Å². The van der Waals surface area contributed by atoms with Crippen molar-refractivity contribution in [2.45, 2.75) is 12.5 Å². The van der Waals surface area contributed by atoms with Gasteiger partial charge in [0.1, 0.15) is 0 Å². The van der Waals surface area contributed by atoms with E-state index in [2.05, 4.69) is 68.3 Å². The molecule has 0 bridgehead atoms. The third-order valence-corrected chi connectivity index (χ3v) is 6.28. The van der Waals surface area contributed by atoms with Crippen LogP contribution in [0.1, 0.15) is 23.6 Å². The molecule has 1 aliphatic rings. The number of nitrogens with zero attached hydrogens (tertiary/aromatic N) is 2. The first-order valence-corrected chi connectivity index (χ1v) is 11.3. The molecule has 4 rings (SSSR count). The Bertz CT molecular complexity index is 1080. The fraction of sp³-hybridized carbons (Fsp3) is 0.0870. The molecular formula is C23H16Br2Cl2N2. The first kappa shape index (κ1) is 20.7. The van der Waals surface area contributed by atoms with E-state index in [1.165, 1.54) is 5.56 Å². The van der Waals surface area contributed by atoms with Crippen molar-refractivity contribution in [2.75, 3.05) is 5.01 Å². The lowest BCUT2D eigenvalue weighted by Crippen LogP contribution is -2.18. The molecule has 2 nitrogen and oxygen atoms in total. The lowest BCUT2D eigenvalue weighted by molar-refractivity contribution is 0.709. The summed E-state index contributed by atoms with van der Waals surface area (Å²) in [5, 5.41) is 8.06. The van der Waals surface area contributed by atoms with E-state index in [0.717, 1.165) is 32.3 Å². The largest absolute Gasteiger partial charge is 0.256 e. The highest BCUT2D eigenvalue weighted by atomic mass is 79.9. The van der Waals surface area contributed by atoms with E-state index in [0.29, 0.717) is 10.0 Å². The number of anilines is 1. The molecule has 6 heteroatoms. The Morgan fingerprint density at radius 2 is 1.52 bits per heavy atom. The summed E-state index contributed by atoms with van der Waals surface area (Å²) < 4.78 is 2.11. The van der Waals surface area contributed by atoms with Gasteiger partial charge >= 0.3 is 0 Å². The van der Waals surface area contributed by atoms with Crippen LogP contribution in [-0.2, 0) is 0 Å². The third-order valence-electron chi connectivity index (χ3n) is 4.68. The highest BCUT2D eigenvalue weighted by Crippen LogP contribution is 2.40. The first-order valence-electron chi connectivity index (χ1n) is 9.00. The molecule has 3 aromatic carbocycles. The number of halogens is 4. The summed E-state index contributed by atoms with van der Waals surface area (Å²) in [5.41, 5.74) is 4.14. The van der Waals surface area contributed by atoms with E-state index in [1.807, 2.05) is 41.4 Å². The van der Waals surface area contributed by atoms with Gasteiger partial charge in [-0.05, 0) is 59.7 Å². The zero-order chi connectivity index (χ0) is 20.4. The van der Waals surface area contributed by atoms with Crippen LogP contribution < -0.4 is 5.01 Å². The summed E-state index contributed by atoms with van der Waals surface area (Å²) >= 11 is 19.6. The minimum absolute atomic E-state index is 0.0614. The molecule has 0 saturated carbocycles. The van der Waals surface area contributed by atoms with E-state index in [-0.39, 0.29) is 6.04 Å². The van der Waals surface area contributed by atoms with Crippen LogP contribution in [0.5, 0.6) is 0 Å². The predicted molar refractivity (Wildman–Crippen MR) is 131 cm³/mol. The van der Waals surface area contributed by atoms with Gasteiger partial charge in [-0.15, -0.1) is 0 Å². The molecule has 1 aliphatic heterocycles. The molecule has 3 aromatic rings. The molecule has 0 spiro atoms. The molecular weight excluding hydrogens is 535 g/mol. The second-order valence-corrected chi connectivity index (χ2v) is 9.36. The average Bonchev–Trinajstić information content (AvgIpc) is 3.12. The van der Waals surface area contributed by atoms with Gasteiger partial charge in [-0.3, -0.25) is 5.01 Å². The Balaban J connectivity index is 1.68. The van der Waals surface area contributed by atoms with Gasteiger partial charge in [0.25, 0.3) is 0 Å². The molecule has 0 N–H and O–H groups in total. The molecule has 0 aromatic heterocycles. The first-order chi connectivity index (χ1) is 14.0. The molecule has 0 unspecified atom stereocenters. The maximum Gasteiger partial charge on any atom is 0.0832 e. The number of hydrazone groups is 1. The predicted octanol–water partition coefficient (Wildman–Crippen LogP) is 8.54. The lowest BCUT2D eigenvalue weighted by atomic mass is 10.0. The molecule has 29 heavy (non-hydrogen) atoms. The number of allylic oxidation sites excluding steroid dienone is 1. The Morgan fingerprint density at radius 3 is 2.17 bits per heavy atom. The molecule has 146 valence electrons. The highest BCUT2D eigenvalue weighted by molar-refractivity contribution is 9.10. The zero-order valence-corrected chi connectivity index (χ0v) is 19.9. The molecule has 0 aliphatic carbocycles.